The van der Waals surface area contributed by atoms with E-state index in [1.165, 1.54) is 49.8 Å². The summed E-state index contributed by atoms with van der Waals surface area (Å²) >= 11 is 0. The summed E-state index contributed by atoms with van der Waals surface area (Å²) in [5, 5.41) is 9.12. The van der Waals surface area contributed by atoms with Gasteiger partial charge in [-0.2, -0.15) is 0 Å². The first-order chi connectivity index (χ1) is 12.5. The maximum atomic E-state index is 13.2. The van der Waals surface area contributed by atoms with Gasteiger partial charge in [0.15, 0.2) is 17.3 Å². The van der Waals surface area contributed by atoms with Crippen molar-refractivity contribution >= 4 is 5.78 Å². The number of carbonyl (C=O) groups excluding carboxylic acids is 1. The van der Waals surface area contributed by atoms with Crippen molar-refractivity contribution in [3.05, 3.63) is 53.4 Å². The summed E-state index contributed by atoms with van der Waals surface area (Å²) in [5.74, 6) is 0.295. The molecule has 1 saturated heterocycles. The smallest absolute Gasteiger partial charge is 0.176 e. The molecular weight excluding hydrogens is 329 g/mol. The van der Waals surface area contributed by atoms with Crippen LogP contribution in [-0.2, 0) is 0 Å². The first kappa shape index (κ1) is 18.8. The molecule has 2 fully saturated rings. The molecule has 26 heavy (non-hydrogen) atoms. The highest BCUT2D eigenvalue weighted by Crippen LogP contribution is 2.37. The minimum absolute atomic E-state index is 0.0705. The molecule has 140 valence electrons. The van der Waals surface area contributed by atoms with Crippen LogP contribution in [0.1, 0.15) is 49.4 Å². The van der Waals surface area contributed by atoms with Gasteiger partial charge >= 0.3 is 0 Å². The van der Waals surface area contributed by atoms with Crippen molar-refractivity contribution in [2.45, 2.75) is 39.0 Å². The van der Waals surface area contributed by atoms with Gasteiger partial charge in [-0.1, -0.05) is 30.2 Å². The average molecular weight is 357 g/mol. The van der Waals surface area contributed by atoms with Crippen LogP contribution in [0, 0.1) is 17.7 Å². The van der Waals surface area contributed by atoms with E-state index in [0.717, 1.165) is 31.0 Å². The number of ketones is 1. The molecule has 4 rings (SSSR count). The van der Waals surface area contributed by atoms with Gasteiger partial charge < -0.3 is 5.11 Å². The van der Waals surface area contributed by atoms with Crippen LogP contribution in [0.3, 0.4) is 0 Å². The number of allylic oxidation sites excluding steroid dienone is 4. The van der Waals surface area contributed by atoms with Crippen molar-refractivity contribution in [1.82, 2.24) is 4.90 Å². The number of likely N-dealkylation sites (tertiary alicyclic amines) is 1. The molecule has 0 amide bonds. The van der Waals surface area contributed by atoms with Crippen LogP contribution in [0.2, 0.25) is 0 Å². The first-order valence-corrected chi connectivity index (χ1v) is 9.60. The van der Waals surface area contributed by atoms with Crippen LogP contribution >= 0.6 is 0 Å². The highest BCUT2D eigenvalue weighted by molar-refractivity contribution is 5.97. The zero-order valence-electron chi connectivity index (χ0n) is 15.5. The Morgan fingerprint density at radius 2 is 1.96 bits per heavy atom. The average Bonchev–Trinajstić information content (AvgIpc) is 3.20. The molecular formula is C22H28FNO2. The van der Waals surface area contributed by atoms with E-state index in [2.05, 4.69) is 30.1 Å². The standard InChI is InChI=1S/C15H18FNO2.C7H10/c16-13-6-10(4-5-14(13)18)15(19)9-17-7-11-2-1-3-12(11)8-17;1-7-5-3-2-4-6-7/h4-6,11-12,18H,1-3,7-9H2;3,5-6H,2,4H2,1H3/t11-,12+;. The summed E-state index contributed by atoms with van der Waals surface area (Å²) in [4.78, 5) is 14.3. The third-order valence-corrected chi connectivity index (χ3v) is 5.62. The van der Waals surface area contributed by atoms with Gasteiger partial charge in [0.05, 0.1) is 6.54 Å². The topological polar surface area (TPSA) is 40.5 Å². The maximum Gasteiger partial charge on any atom is 0.176 e. The molecule has 3 nitrogen and oxygen atoms in total. The van der Waals surface area contributed by atoms with Gasteiger partial charge in [0, 0.05) is 18.7 Å². The minimum Gasteiger partial charge on any atom is -0.505 e. The molecule has 1 aliphatic heterocycles. The molecule has 1 saturated carbocycles. The van der Waals surface area contributed by atoms with Gasteiger partial charge in [-0.05, 0) is 62.6 Å². The summed E-state index contributed by atoms with van der Waals surface area (Å²) in [7, 11) is 0. The van der Waals surface area contributed by atoms with Crippen LogP contribution in [0.25, 0.3) is 0 Å². The van der Waals surface area contributed by atoms with E-state index in [1.807, 2.05) is 0 Å². The Labute approximate surface area is 155 Å². The number of fused-ring (bicyclic) bond motifs is 1. The van der Waals surface area contributed by atoms with Gasteiger partial charge in [-0.3, -0.25) is 9.69 Å². The molecule has 2 atom stereocenters. The van der Waals surface area contributed by atoms with E-state index in [9.17, 15) is 9.18 Å². The molecule has 4 heteroatoms. The molecule has 1 aromatic rings. The summed E-state index contributed by atoms with van der Waals surface area (Å²) in [6.45, 7) is 4.49. The first-order valence-electron chi connectivity index (χ1n) is 9.60. The predicted octanol–water partition coefficient (Wildman–Crippen LogP) is 4.73. The lowest BCUT2D eigenvalue weighted by Crippen LogP contribution is -2.28. The van der Waals surface area contributed by atoms with E-state index < -0.39 is 11.6 Å². The molecule has 1 N–H and O–H groups in total. The van der Waals surface area contributed by atoms with Crippen molar-refractivity contribution in [3.63, 3.8) is 0 Å². The number of aromatic hydroxyl groups is 1. The summed E-state index contributed by atoms with van der Waals surface area (Å²) in [6.07, 6.45) is 13.0. The highest BCUT2D eigenvalue weighted by Gasteiger charge is 2.36. The fourth-order valence-electron chi connectivity index (χ4n) is 4.18. The Bertz CT molecular complexity index is 698. The molecule has 0 unspecified atom stereocenters. The van der Waals surface area contributed by atoms with Crippen molar-refractivity contribution in [2.75, 3.05) is 19.6 Å². The van der Waals surface area contributed by atoms with E-state index in [1.54, 1.807) is 0 Å². The van der Waals surface area contributed by atoms with Crippen LogP contribution in [0.15, 0.2) is 42.0 Å². The minimum atomic E-state index is -0.732. The molecule has 0 spiro atoms. The number of hydrogen-bond acceptors (Lipinski definition) is 3. The van der Waals surface area contributed by atoms with Gasteiger partial charge in [0.1, 0.15) is 0 Å². The SMILES string of the molecule is CC1=CCCC=C1.O=C(CN1C[C@H]2CCC[C@H]2C1)c1ccc(O)c(F)c1. The highest BCUT2D eigenvalue weighted by atomic mass is 19.1. The van der Waals surface area contributed by atoms with Crippen molar-refractivity contribution in [2.24, 2.45) is 11.8 Å². The maximum absolute atomic E-state index is 13.2. The zero-order chi connectivity index (χ0) is 18.5. The van der Waals surface area contributed by atoms with E-state index in [0.29, 0.717) is 12.1 Å². The van der Waals surface area contributed by atoms with Crippen molar-refractivity contribution in [1.29, 1.82) is 0 Å². The number of hydrogen-bond donors (Lipinski definition) is 1. The van der Waals surface area contributed by atoms with E-state index in [-0.39, 0.29) is 5.78 Å². The fourth-order valence-corrected chi connectivity index (χ4v) is 4.18. The molecule has 1 heterocycles. The predicted molar refractivity (Wildman–Crippen MR) is 102 cm³/mol. The number of phenolic OH excluding ortho intramolecular Hbond substituents is 1. The molecule has 3 aliphatic rings. The Morgan fingerprint density at radius 1 is 1.23 bits per heavy atom. The third-order valence-electron chi connectivity index (χ3n) is 5.62. The molecule has 0 bridgehead atoms. The lowest BCUT2D eigenvalue weighted by atomic mass is 10.0. The zero-order valence-corrected chi connectivity index (χ0v) is 15.5. The second kappa shape index (κ2) is 8.63. The number of rotatable bonds is 3. The van der Waals surface area contributed by atoms with Crippen LogP contribution in [0.4, 0.5) is 4.39 Å². The summed E-state index contributed by atoms with van der Waals surface area (Å²) in [6, 6.07) is 3.84. The molecule has 2 aliphatic carbocycles. The van der Waals surface area contributed by atoms with Crippen molar-refractivity contribution in [3.8, 4) is 5.75 Å². The Balaban J connectivity index is 0.000000236. The quantitative estimate of drug-likeness (QED) is 0.795. The number of Topliss-reactive ketones (excluding diaryl/α,β-unsaturated/α-hetero) is 1. The Hall–Kier alpha value is -1.94. The number of benzene rings is 1. The van der Waals surface area contributed by atoms with Crippen LogP contribution in [-0.4, -0.2) is 35.4 Å². The second-order valence-corrected chi connectivity index (χ2v) is 7.66. The molecule has 0 aromatic heterocycles. The molecule has 0 radical (unpaired) electrons. The lowest BCUT2D eigenvalue weighted by Gasteiger charge is -2.15. The van der Waals surface area contributed by atoms with Gasteiger partial charge in [0.25, 0.3) is 0 Å². The largest absolute Gasteiger partial charge is 0.505 e. The summed E-state index contributed by atoms with van der Waals surface area (Å²) < 4.78 is 13.2. The summed E-state index contributed by atoms with van der Waals surface area (Å²) in [5.41, 5.74) is 1.75. The van der Waals surface area contributed by atoms with Crippen LogP contribution in [0.5, 0.6) is 5.75 Å². The van der Waals surface area contributed by atoms with Crippen molar-refractivity contribution < 1.29 is 14.3 Å². The van der Waals surface area contributed by atoms with Gasteiger partial charge in [0.2, 0.25) is 0 Å². The van der Waals surface area contributed by atoms with Crippen LogP contribution < -0.4 is 0 Å². The van der Waals surface area contributed by atoms with Gasteiger partial charge in [-0.25, -0.2) is 4.39 Å². The Kier molecular flexibility index (Phi) is 6.25. The number of carbonyl (C=O) groups is 1. The normalized spacial score (nSPS) is 24.6. The monoisotopic (exact) mass is 357 g/mol. The number of nitrogens with zero attached hydrogens (tertiary/aromatic N) is 1. The fraction of sp³-hybridized carbons (Fsp3) is 0.500. The number of phenols is 1. The van der Waals surface area contributed by atoms with E-state index in [4.69, 9.17) is 5.11 Å². The lowest BCUT2D eigenvalue weighted by molar-refractivity contribution is 0.0940. The van der Waals surface area contributed by atoms with Gasteiger partial charge in [-0.15, -0.1) is 0 Å². The molecule has 1 aromatic carbocycles. The Morgan fingerprint density at radius 3 is 2.50 bits per heavy atom. The van der Waals surface area contributed by atoms with E-state index >= 15 is 0 Å². The number of halogens is 1. The third kappa shape index (κ3) is 4.82. The second-order valence-electron chi connectivity index (χ2n) is 7.66.